The predicted octanol–water partition coefficient (Wildman–Crippen LogP) is 1.98. The number of hydrogen-bond donors (Lipinski definition) is 0. The molecule has 0 aliphatic rings. The molecule has 0 spiro atoms. The van der Waals surface area contributed by atoms with Crippen molar-refractivity contribution in [2.24, 2.45) is 7.05 Å². The summed E-state index contributed by atoms with van der Waals surface area (Å²) < 4.78 is 15.0. The lowest BCUT2D eigenvalue weighted by Gasteiger charge is -2.01. The first-order valence-electron chi connectivity index (χ1n) is 4.89. The number of nitrogens with zero attached hydrogens (tertiary/aromatic N) is 3. The molecule has 1 aromatic carbocycles. The molecule has 0 bridgehead atoms. The molecule has 17 heavy (non-hydrogen) atoms. The maximum absolute atomic E-state index is 12.9. The minimum atomic E-state index is -0.342. The third kappa shape index (κ3) is 2.87. The van der Waals surface area contributed by atoms with Crippen molar-refractivity contribution in [3.8, 4) is 0 Å². The largest absolute Gasteiger partial charge is 0.294 e. The Balaban J connectivity index is 2.20. The fourth-order valence-corrected chi connectivity index (χ4v) is 2.23. The van der Waals surface area contributed by atoms with Crippen LogP contribution in [0.1, 0.15) is 16.1 Å². The van der Waals surface area contributed by atoms with Gasteiger partial charge in [-0.1, -0.05) is 5.21 Å². The fourth-order valence-electron chi connectivity index (χ4n) is 1.45. The van der Waals surface area contributed by atoms with Crippen molar-refractivity contribution in [3.05, 3.63) is 45.0 Å². The Bertz CT molecular complexity index is 568. The molecule has 4 nitrogen and oxygen atoms in total. The minimum absolute atomic E-state index is 0.0881. The van der Waals surface area contributed by atoms with E-state index in [0.717, 1.165) is 0 Å². The van der Waals surface area contributed by atoms with E-state index in [4.69, 9.17) is 0 Å². The number of rotatable bonds is 3. The quantitative estimate of drug-likeness (QED) is 0.631. The van der Waals surface area contributed by atoms with Gasteiger partial charge in [-0.25, -0.2) is 4.39 Å². The molecule has 0 atom stereocenters. The Morgan fingerprint density at radius 1 is 1.53 bits per heavy atom. The molecule has 88 valence electrons. The molecule has 0 fully saturated rings. The van der Waals surface area contributed by atoms with Crippen LogP contribution in [-0.4, -0.2) is 20.8 Å². The Kier molecular flexibility index (Phi) is 3.51. The highest BCUT2D eigenvalue weighted by atomic mass is 127. The van der Waals surface area contributed by atoms with Crippen molar-refractivity contribution in [2.45, 2.75) is 6.42 Å². The molecule has 0 aliphatic carbocycles. The van der Waals surface area contributed by atoms with Gasteiger partial charge in [0, 0.05) is 22.4 Å². The second kappa shape index (κ2) is 4.91. The number of Topliss-reactive ketones (excluding diaryl/α,β-unsaturated/α-hetero) is 1. The van der Waals surface area contributed by atoms with E-state index in [0.29, 0.717) is 14.8 Å². The standard InChI is InChI=1S/C11H9FIN3O/c1-16-6-8(14-15-16)5-11(17)9-3-2-7(12)4-10(9)13/h2-4,6H,5H2,1H3. The molecule has 0 amide bonds. The van der Waals surface area contributed by atoms with E-state index < -0.39 is 0 Å². The van der Waals surface area contributed by atoms with Gasteiger partial charge in [-0.2, -0.15) is 0 Å². The van der Waals surface area contributed by atoms with Crippen molar-refractivity contribution < 1.29 is 9.18 Å². The Hall–Kier alpha value is -1.31. The third-order valence-electron chi connectivity index (χ3n) is 2.22. The van der Waals surface area contributed by atoms with Gasteiger partial charge in [0.1, 0.15) is 5.82 Å². The van der Waals surface area contributed by atoms with E-state index in [1.807, 2.05) is 22.6 Å². The van der Waals surface area contributed by atoms with Crippen molar-refractivity contribution in [1.82, 2.24) is 15.0 Å². The van der Waals surface area contributed by atoms with Gasteiger partial charge < -0.3 is 0 Å². The van der Waals surface area contributed by atoms with Crippen LogP contribution in [0.5, 0.6) is 0 Å². The molecule has 0 unspecified atom stereocenters. The van der Waals surface area contributed by atoms with Crippen LogP contribution in [0.3, 0.4) is 0 Å². The summed E-state index contributed by atoms with van der Waals surface area (Å²) in [6.07, 6.45) is 1.86. The average molecular weight is 345 g/mol. The SMILES string of the molecule is Cn1cc(CC(=O)c2ccc(F)cc2I)nn1. The Morgan fingerprint density at radius 3 is 2.88 bits per heavy atom. The molecule has 2 rings (SSSR count). The zero-order chi connectivity index (χ0) is 12.4. The summed E-state index contributed by atoms with van der Waals surface area (Å²) >= 11 is 1.95. The zero-order valence-electron chi connectivity index (χ0n) is 9.02. The van der Waals surface area contributed by atoms with Crippen LogP contribution < -0.4 is 0 Å². The van der Waals surface area contributed by atoms with Gasteiger partial charge in [-0.05, 0) is 40.8 Å². The fraction of sp³-hybridized carbons (Fsp3) is 0.182. The van der Waals surface area contributed by atoms with Gasteiger partial charge in [-0.3, -0.25) is 9.48 Å². The monoisotopic (exact) mass is 345 g/mol. The molecule has 1 aromatic heterocycles. The molecule has 0 aliphatic heterocycles. The van der Waals surface area contributed by atoms with Crippen LogP contribution in [0, 0.1) is 9.39 Å². The summed E-state index contributed by atoms with van der Waals surface area (Å²) in [5.41, 5.74) is 1.12. The van der Waals surface area contributed by atoms with Gasteiger partial charge in [0.25, 0.3) is 0 Å². The van der Waals surface area contributed by atoms with Crippen LogP contribution in [0.15, 0.2) is 24.4 Å². The van der Waals surface area contributed by atoms with E-state index in [-0.39, 0.29) is 18.0 Å². The first-order chi connectivity index (χ1) is 8.06. The van der Waals surface area contributed by atoms with Gasteiger partial charge >= 0.3 is 0 Å². The second-order valence-electron chi connectivity index (χ2n) is 3.61. The van der Waals surface area contributed by atoms with Crippen LogP contribution in [0.4, 0.5) is 4.39 Å². The number of aromatic nitrogens is 3. The van der Waals surface area contributed by atoms with Crippen LogP contribution in [0.25, 0.3) is 0 Å². The van der Waals surface area contributed by atoms with Gasteiger partial charge in [-0.15, -0.1) is 5.10 Å². The molecule has 0 saturated carbocycles. The van der Waals surface area contributed by atoms with E-state index in [1.54, 1.807) is 13.2 Å². The summed E-state index contributed by atoms with van der Waals surface area (Å²) in [4.78, 5) is 12.0. The molecule has 2 aromatic rings. The Morgan fingerprint density at radius 2 is 2.29 bits per heavy atom. The lowest BCUT2D eigenvalue weighted by Crippen LogP contribution is -2.06. The number of carbonyl (C=O) groups is 1. The maximum Gasteiger partial charge on any atom is 0.170 e. The number of aryl methyl sites for hydroxylation is 1. The molecular weight excluding hydrogens is 336 g/mol. The van der Waals surface area contributed by atoms with Gasteiger partial charge in [0.15, 0.2) is 5.78 Å². The number of hydrogen-bond acceptors (Lipinski definition) is 3. The normalized spacial score (nSPS) is 10.5. The van der Waals surface area contributed by atoms with Crippen LogP contribution in [-0.2, 0) is 13.5 Å². The highest BCUT2D eigenvalue weighted by Crippen LogP contribution is 2.15. The number of halogens is 2. The number of benzene rings is 1. The van der Waals surface area contributed by atoms with Crippen molar-refractivity contribution in [2.75, 3.05) is 0 Å². The predicted molar refractivity (Wildman–Crippen MR) is 68.2 cm³/mol. The van der Waals surface area contributed by atoms with E-state index in [1.165, 1.54) is 22.9 Å². The van der Waals surface area contributed by atoms with Gasteiger partial charge in [0.2, 0.25) is 0 Å². The van der Waals surface area contributed by atoms with Crippen molar-refractivity contribution >= 4 is 28.4 Å². The molecule has 1 heterocycles. The number of ketones is 1. The van der Waals surface area contributed by atoms with Crippen molar-refractivity contribution in [1.29, 1.82) is 0 Å². The highest BCUT2D eigenvalue weighted by molar-refractivity contribution is 14.1. The molecule has 0 radical (unpaired) electrons. The minimum Gasteiger partial charge on any atom is -0.294 e. The highest BCUT2D eigenvalue weighted by Gasteiger charge is 2.13. The lowest BCUT2D eigenvalue weighted by atomic mass is 10.1. The lowest BCUT2D eigenvalue weighted by molar-refractivity contribution is 0.0991. The zero-order valence-corrected chi connectivity index (χ0v) is 11.2. The van der Waals surface area contributed by atoms with Crippen LogP contribution >= 0.6 is 22.6 Å². The summed E-state index contributed by atoms with van der Waals surface area (Å²) in [6.45, 7) is 0. The Labute approximate surface area is 111 Å². The van der Waals surface area contributed by atoms with Gasteiger partial charge in [0.05, 0.1) is 12.1 Å². The summed E-state index contributed by atoms with van der Waals surface area (Å²) in [5.74, 6) is -0.430. The maximum atomic E-state index is 12.9. The summed E-state index contributed by atoms with van der Waals surface area (Å²) in [6, 6.07) is 4.12. The average Bonchev–Trinajstić information content (AvgIpc) is 2.63. The van der Waals surface area contributed by atoms with E-state index in [2.05, 4.69) is 10.3 Å². The van der Waals surface area contributed by atoms with Crippen LogP contribution in [0.2, 0.25) is 0 Å². The van der Waals surface area contributed by atoms with Crippen molar-refractivity contribution in [3.63, 3.8) is 0 Å². The third-order valence-corrected chi connectivity index (χ3v) is 3.12. The first-order valence-corrected chi connectivity index (χ1v) is 5.97. The summed E-state index contributed by atoms with van der Waals surface area (Å²) in [5, 5.41) is 7.60. The topological polar surface area (TPSA) is 47.8 Å². The summed E-state index contributed by atoms with van der Waals surface area (Å²) in [7, 11) is 1.74. The van der Waals surface area contributed by atoms with E-state index >= 15 is 0 Å². The smallest absolute Gasteiger partial charge is 0.170 e. The molecule has 6 heteroatoms. The second-order valence-corrected chi connectivity index (χ2v) is 4.77. The molecule has 0 saturated heterocycles. The van der Waals surface area contributed by atoms with E-state index in [9.17, 15) is 9.18 Å². The first kappa shape index (κ1) is 12.2. The molecule has 0 N–H and O–H groups in total. The molecular formula is C11H9FIN3O. The number of carbonyl (C=O) groups excluding carboxylic acids is 1.